The molecule has 0 aliphatic rings. The number of benzene rings is 1. The van der Waals surface area contributed by atoms with E-state index in [9.17, 15) is 18.0 Å². The first kappa shape index (κ1) is 14.1. The van der Waals surface area contributed by atoms with Crippen LogP contribution in [0.4, 0.5) is 18.3 Å². The number of hydrogen-bond acceptors (Lipinski definition) is 3. The third kappa shape index (κ3) is 2.54. The summed E-state index contributed by atoms with van der Waals surface area (Å²) in [6, 6.07) is 2.38. The van der Waals surface area contributed by atoms with Crippen LogP contribution in [0.5, 0.6) is 0 Å². The number of nitrogens with one attached hydrogen (secondary N) is 2. The van der Waals surface area contributed by atoms with Crippen molar-refractivity contribution in [1.82, 2.24) is 9.97 Å². The number of amides is 1. The number of aromatic amines is 1. The van der Waals surface area contributed by atoms with E-state index in [1.807, 2.05) is 0 Å². The lowest BCUT2D eigenvalue weighted by Gasteiger charge is -1.97. The van der Waals surface area contributed by atoms with Crippen LogP contribution in [0.1, 0.15) is 10.5 Å². The average Bonchev–Trinajstić information content (AvgIpc) is 3.02. The van der Waals surface area contributed by atoms with E-state index < -0.39 is 23.4 Å². The molecule has 2 heterocycles. The van der Waals surface area contributed by atoms with Gasteiger partial charge in [0.05, 0.1) is 4.70 Å². The fourth-order valence-corrected chi connectivity index (χ4v) is 2.92. The van der Waals surface area contributed by atoms with Crippen molar-refractivity contribution in [3.8, 4) is 0 Å². The number of halogens is 4. The lowest BCUT2D eigenvalue weighted by molar-refractivity contribution is 0.102. The molecule has 4 nitrogen and oxygen atoms in total. The molecule has 1 amide bonds. The minimum absolute atomic E-state index is 0.0459. The normalized spacial score (nSPS) is 11.0. The Bertz CT molecular complexity index is 861. The molecule has 0 bridgehead atoms. The van der Waals surface area contributed by atoms with E-state index in [4.69, 9.17) is 0 Å². The zero-order valence-corrected chi connectivity index (χ0v) is 12.4. The monoisotopic (exact) mass is 375 g/mol. The number of H-pyrrole nitrogens is 1. The van der Waals surface area contributed by atoms with Gasteiger partial charge in [0.2, 0.25) is 0 Å². The molecule has 1 aromatic carbocycles. The maximum atomic E-state index is 13.5. The zero-order chi connectivity index (χ0) is 15.1. The van der Waals surface area contributed by atoms with Crippen LogP contribution in [0.3, 0.4) is 0 Å². The highest BCUT2D eigenvalue weighted by molar-refractivity contribution is 9.10. The second-order valence-electron chi connectivity index (χ2n) is 4.04. The Hall–Kier alpha value is -1.87. The summed E-state index contributed by atoms with van der Waals surface area (Å²) in [5, 5.41) is 2.48. The maximum Gasteiger partial charge on any atom is 0.273 e. The van der Waals surface area contributed by atoms with Crippen molar-refractivity contribution in [2.75, 3.05) is 5.32 Å². The third-order valence-corrected chi connectivity index (χ3v) is 4.01. The summed E-state index contributed by atoms with van der Waals surface area (Å²) >= 11 is 4.03. The molecular formula is C12H5BrF3N3OS. The Balaban J connectivity index is 1.95. The van der Waals surface area contributed by atoms with Gasteiger partial charge in [-0.2, -0.15) is 0 Å². The van der Waals surface area contributed by atoms with Gasteiger partial charge in [0.15, 0.2) is 22.6 Å². The van der Waals surface area contributed by atoms with Crippen LogP contribution < -0.4 is 5.32 Å². The van der Waals surface area contributed by atoms with Crippen LogP contribution >= 0.6 is 27.3 Å². The maximum absolute atomic E-state index is 13.5. The smallest absolute Gasteiger partial charge is 0.273 e. The van der Waals surface area contributed by atoms with Crippen molar-refractivity contribution >= 4 is 48.5 Å². The zero-order valence-electron chi connectivity index (χ0n) is 10.0. The van der Waals surface area contributed by atoms with Gasteiger partial charge in [-0.1, -0.05) is 11.3 Å². The topological polar surface area (TPSA) is 57.8 Å². The van der Waals surface area contributed by atoms with E-state index in [1.165, 1.54) is 0 Å². The molecule has 0 radical (unpaired) electrons. The molecule has 2 aromatic heterocycles. The van der Waals surface area contributed by atoms with Crippen LogP contribution in [0.15, 0.2) is 22.8 Å². The molecule has 2 N–H and O–H groups in total. The van der Waals surface area contributed by atoms with Crippen molar-refractivity contribution < 1.29 is 18.0 Å². The second-order valence-corrected chi connectivity index (χ2v) is 5.98. The van der Waals surface area contributed by atoms with E-state index in [2.05, 4.69) is 31.2 Å². The summed E-state index contributed by atoms with van der Waals surface area (Å²) in [7, 11) is 0. The minimum Gasteiger partial charge on any atom is -0.356 e. The van der Waals surface area contributed by atoms with Crippen molar-refractivity contribution in [3.05, 3.63) is 45.9 Å². The Kier molecular flexibility index (Phi) is 3.46. The van der Waals surface area contributed by atoms with Crippen LogP contribution in [0.25, 0.3) is 10.2 Å². The molecule has 0 saturated carbocycles. The summed E-state index contributed by atoms with van der Waals surface area (Å²) < 4.78 is 40.6. The number of carbonyl (C=O) groups excluding carboxylic acids is 1. The second kappa shape index (κ2) is 5.15. The van der Waals surface area contributed by atoms with Gasteiger partial charge in [-0.3, -0.25) is 10.1 Å². The van der Waals surface area contributed by atoms with Crippen LogP contribution in [-0.4, -0.2) is 15.9 Å². The Morgan fingerprint density at radius 2 is 2.05 bits per heavy atom. The Morgan fingerprint density at radius 3 is 2.71 bits per heavy atom. The first-order valence-corrected chi connectivity index (χ1v) is 7.16. The number of hydrogen-bond donors (Lipinski definition) is 2. The Labute approximate surface area is 128 Å². The van der Waals surface area contributed by atoms with Crippen molar-refractivity contribution in [3.63, 3.8) is 0 Å². The van der Waals surface area contributed by atoms with Gasteiger partial charge in [-0.25, -0.2) is 18.2 Å². The third-order valence-electron chi connectivity index (χ3n) is 2.63. The quantitative estimate of drug-likeness (QED) is 0.663. The number of fused-ring (bicyclic) bond motifs is 1. The van der Waals surface area contributed by atoms with E-state index in [-0.39, 0.29) is 21.0 Å². The SMILES string of the molecule is O=C(Nc1nc2c(F)c(F)c(F)cc2s1)c1cc(Br)c[nH]1. The molecule has 108 valence electrons. The molecule has 0 aliphatic carbocycles. The van der Waals surface area contributed by atoms with E-state index in [1.54, 1.807) is 12.3 Å². The summed E-state index contributed by atoms with van der Waals surface area (Å²) in [4.78, 5) is 18.4. The van der Waals surface area contributed by atoms with Gasteiger partial charge < -0.3 is 4.98 Å². The number of rotatable bonds is 2. The molecule has 0 saturated heterocycles. The van der Waals surface area contributed by atoms with Crippen molar-refractivity contribution in [2.45, 2.75) is 0 Å². The number of thiazole rings is 1. The van der Waals surface area contributed by atoms with Crippen LogP contribution in [0, 0.1) is 17.5 Å². The molecular weight excluding hydrogens is 371 g/mol. The van der Waals surface area contributed by atoms with Gasteiger partial charge in [0, 0.05) is 10.7 Å². The van der Waals surface area contributed by atoms with Gasteiger partial charge in [-0.15, -0.1) is 0 Å². The molecule has 0 fully saturated rings. The molecule has 3 aromatic rings. The van der Waals surface area contributed by atoms with Gasteiger partial charge in [0.25, 0.3) is 5.91 Å². The highest BCUT2D eigenvalue weighted by Crippen LogP contribution is 2.30. The Morgan fingerprint density at radius 1 is 1.29 bits per heavy atom. The molecule has 0 aliphatic heterocycles. The van der Waals surface area contributed by atoms with Crippen molar-refractivity contribution in [2.24, 2.45) is 0 Å². The molecule has 3 rings (SSSR count). The number of carbonyl (C=O) groups is 1. The van der Waals surface area contributed by atoms with Gasteiger partial charge in [-0.05, 0) is 28.1 Å². The fraction of sp³-hybridized carbons (Fsp3) is 0. The highest BCUT2D eigenvalue weighted by atomic mass is 79.9. The summed E-state index contributed by atoms with van der Waals surface area (Å²) in [6.07, 6.45) is 1.57. The fourth-order valence-electron chi connectivity index (χ4n) is 1.69. The number of aromatic nitrogens is 2. The van der Waals surface area contributed by atoms with E-state index >= 15 is 0 Å². The molecule has 0 atom stereocenters. The first-order valence-electron chi connectivity index (χ1n) is 5.55. The molecule has 9 heteroatoms. The predicted molar refractivity (Wildman–Crippen MR) is 75.9 cm³/mol. The predicted octanol–water partition coefficient (Wildman–Crippen LogP) is 4.06. The molecule has 0 unspecified atom stereocenters. The van der Waals surface area contributed by atoms with Crippen LogP contribution in [0.2, 0.25) is 0 Å². The standard InChI is InChI=1S/C12H5BrF3N3OS/c13-4-1-6(17-3-4)11(20)19-12-18-10-7(21-12)2-5(14)8(15)9(10)16/h1-3,17H,(H,18,19,20). The summed E-state index contributed by atoms with van der Waals surface area (Å²) in [6.45, 7) is 0. The number of anilines is 1. The van der Waals surface area contributed by atoms with E-state index in [0.717, 1.165) is 17.4 Å². The average molecular weight is 376 g/mol. The van der Waals surface area contributed by atoms with E-state index in [0.29, 0.717) is 4.47 Å². The van der Waals surface area contributed by atoms with Crippen LogP contribution in [-0.2, 0) is 0 Å². The van der Waals surface area contributed by atoms with Gasteiger partial charge >= 0.3 is 0 Å². The van der Waals surface area contributed by atoms with Crippen molar-refractivity contribution in [1.29, 1.82) is 0 Å². The number of nitrogens with zero attached hydrogens (tertiary/aromatic N) is 1. The highest BCUT2D eigenvalue weighted by Gasteiger charge is 2.18. The molecule has 0 spiro atoms. The minimum atomic E-state index is -1.58. The lowest BCUT2D eigenvalue weighted by Crippen LogP contribution is -2.11. The molecule has 21 heavy (non-hydrogen) atoms. The lowest BCUT2D eigenvalue weighted by atomic mass is 10.3. The summed E-state index contributed by atoms with van der Waals surface area (Å²) in [5.74, 6) is -4.75. The first-order chi connectivity index (χ1) is 9.95. The largest absolute Gasteiger partial charge is 0.356 e. The van der Waals surface area contributed by atoms with Gasteiger partial charge in [0.1, 0.15) is 11.2 Å². The summed E-state index contributed by atoms with van der Waals surface area (Å²) in [5.41, 5.74) is -0.0548.